The first-order valence-electron chi connectivity index (χ1n) is 8.11. The Morgan fingerprint density at radius 1 is 1.08 bits per heavy atom. The standard InChI is InChI=1S/C17H24F4N2.2ClH/c1-12(2)6-7-15(23-10-8-22-9-11-23)13-4-3-5-14(16(13)18)17(19,20)21;;/h3-5,12,15,22H,6-11H2,1-2H3;2*1H/t15-;;/m1../s1. The van der Waals surface area contributed by atoms with Gasteiger partial charge in [0.2, 0.25) is 0 Å². The molecule has 1 aliphatic rings. The Kier molecular flexibility index (Phi) is 10.3. The van der Waals surface area contributed by atoms with E-state index < -0.39 is 17.6 Å². The van der Waals surface area contributed by atoms with Gasteiger partial charge in [-0.2, -0.15) is 13.2 Å². The number of nitrogens with zero attached hydrogens (tertiary/aromatic N) is 1. The van der Waals surface area contributed by atoms with Gasteiger partial charge in [-0.15, -0.1) is 24.8 Å². The Morgan fingerprint density at radius 2 is 1.68 bits per heavy atom. The van der Waals surface area contributed by atoms with Gasteiger partial charge in [-0.1, -0.05) is 26.0 Å². The molecule has 0 unspecified atom stereocenters. The van der Waals surface area contributed by atoms with Crippen molar-refractivity contribution in [2.45, 2.75) is 38.9 Å². The number of benzene rings is 1. The van der Waals surface area contributed by atoms with Gasteiger partial charge in [0.05, 0.1) is 5.56 Å². The van der Waals surface area contributed by atoms with Gasteiger partial charge < -0.3 is 5.32 Å². The number of halogens is 6. The fraction of sp³-hybridized carbons (Fsp3) is 0.647. The number of hydrogen-bond acceptors (Lipinski definition) is 2. The lowest BCUT2D eigenvalue weighted by Crippen LogP contribution is -2.45. The zero-order valence-corrected chi connectivity index (χ0v) is 16.0. The van der Waals surface area contributed by atoms with Gasteiger partial charge in [0, 0.05) is 37.8 Å². The fourth-order valence-electron chi connectivity index (χ4n) is 3.05. The van der Waals surface area contributed by atoms with Crippen molar-refractivity contribution >= 4 is 24.8 Å². The zero-order chi connectivity index (χ0) is 17.0. The summed E-state index contributed by atoms with van der Waals surface area (Å²) in [5.41, 5.74) is -0.998. The fourth-order valence-corrected chi connectivity index (χ4v) is 3.05. The minimum atomic E-state index is -4.66. The van der Waals surface area contributed by atoms with Crippen LogP contribution in [-0.2, 0) is 6.18 Å². The van der Waals surface area contributed by atoms with Crippen molar-refractivity contribution in [2.75, 3.05) is 26.2 Å². The Labute approximate surface area is 159 Å². The Hall–Kier alpha value is -0.560. The predicted octanol–water partition coefficient (Wildman–Crippen LogP) is 5.07. The van der Waals surface area contributed by atoms with E-state index in [2.05, 4.69) is 24.1 Å². The summed E-state index contributed by atoms with van der Waals surface area (Å²) in [5, 5.41) is 3.22. The SMILES string of the molecule is CC(C)CC[C@H](c1cccc(C(F)(F)F)c1F)N1CCNCC1.Cl.Cl. The molecule has 1 aromatic carbocycles. The average molecular weight is 405 g/mol. The molecule has 8 heteroatoms. The lowest BCUT2D eigenvalue weighted by molar-refractivity contribution is -0.140. The smallest absolute Gasteiger partial charge is 0.314 e. The summed E-state index contributed by atoms with van der Waals surface area (Å²) in [6.45, 7) is 7.13. The second-order valence-electron chi connectivity index (χ2n) is 6.48. The van der Waals surface area contributed by atoms with Crippen LogP contribution in [0.25, 0.3) is 0 Å². The van der Waals surface area contributed by atoms with E-state index in [1.54, 1.807) is 0 Å². The van der Waals surface area contributed by atoms with Crippen LogP contribution in [-0.4, -0.2) is 31.1 Å². The molecule has 0 amide bonds. The molecule has 2 nitrogen and oxygen atoms in total. The summed E-state index contributed by atoms with van der Waals surface area (Å²) < 4.78 is 53.5. The Balaban J connectivity index is 0.00000288. The van der Waals surface area contributed by atoms with Crippen molar-refractivity contribution in [1.29, 1.82) is 0 Å². The first-order chi connectivity index (χ1) is 10.8. The van der Waals surface area contributed by atoms with Crippen LogP contribution in [0.5, 0.6) is 0 Å². The van der Waals surface area contributed by atoms with Crippen LogP contribution in [0.1, 0.15) is 43.9 Å². The molecule has 0 saturated carbocycles. The van der Waals surface area contributed by atoms with E-state index in [-0.39, 0.29) is 36.4 Å². The molecule has 25 heavy (non-hydrogen) atoms. The van der Waals surface area contributed by atoms with Crippen molar-refractivity contribution in [2.24, 2.45) is 5.92 Å². The van der Waals surface area contributed by atoms with Crippen LogP contribution in [0.3, 0.4) is 0 Å². The molecule has 1 N–H and O–H groups in total. The lowest BCUT2D eigenvalue weighted by Gasteiger charge is -2.36. The van der Waals surface area contributed by atoms with Gasteiger partial charge in [0.25, 0.3) is 0 Å². The van der Waals surface area contributed by atoms with Gasteiger partial charge >= 0.3 is 6.18 Å². The van der Waals surface area contributed by atoms with Gasteiger partial charge in [-0.05, 0) is 24.8 Å². The van der Waals surface area contributed by atoms with E-state index in [9.17, 15) is 17.6 Å². The van der Waals surface area contributed by atoms with E-state index in [0.717, 1.165) is 38.7 Å². The van der Waals surface area contributed by atoms with Crippen LogP contribution in [0, 0.1) is 11.7 Å². The van der Waals surface area contributed by atoms with Crippen LogP contribution < -0.4 is 5.32 Å². The topological polar surface area (TPSA) is 15.3 Å². The molecule has 2 rings (SSSR count). The molecular formula is C17H26Cl2F4N2. The molecule has 1 aromatic rings. The van der Waals surface area contributed by atoms with Crippen molar-refractivity contribution < 1.29 is 17.6 Å². The molecule has 1 fully saturated rings. The maximum absolute atomic E-state index is 14.5. The first kappa shape index (κ1) is 24.4. The normalized spacial score (nSPS) is 16.9. The number of rotatable bonds is 5. The summed E-state index contributed by atoms with van der Waals surface area (Å²) in [6, 6.07) is 3.32. The highest BCUT2D eigenvalue weighted by molar-refractivity contribution is 5.85. The van der Waals surface area contributed by atoms with Gasteiger partial charge in [-0.25, -0.2) is 4.39 Å². The van der Waals surface area contributed by atoms with E-state index in [1.807, 2.05) is 0 Å². The summed E-state index contributed by atoms with van der Waals surface area (Å²) in [4.78, 5) is 2.09. The van der Waals surface area contributed by atoms with Crippen molar-refractivity contribution in [3.63, 3.8) is 0 Å². The quantitative estimate of drug-likeness (QED) is 0.689. The summed E-state index contributed by atoms with van der Waals surface area (Å²) in [7, 11) is 0. The van der Waals surface area contributed by atoms with Gasteiger partial charge in [0.1, 0.15) is 5.82 Å². The number of alkyl halides is 3. The third kappa shape index (κ3) is 6.59. The minimum Gasteiger partial charge on any atom is -0.314 e. The molecule has 1 aliphatic heterocycles. The van der Waals surface area contributed by atoms with E-state index in [1.165, 1.54) is 12.1 Å². The van der Waals surface area contributed by atoms with Gasteiger partial charge in [-0.3, -0.25) is 4.90 Å². The first-order valence-corrected chi connectivity index (χ1v) is 8.11. The largest absolute Gasteiger partial charge is 0.419 e. The van der Waals surface area contributed by atoms with Crippen molar-refractivity contribution in [1.82, 2.24) is 10.2 Å². The number of nitrogens with one attached hydrogen (secondary N) is 1. The summed E-state index contributed by atoms with van der Waals surface area (Å²) >= 11 is 0. The predicted molar refractivity (Wildman–Crippen MR) is 97.2 cm³/mol. The molecule has 0 bridgehead atoms. The number of piperazine rings is 1. The van der Waals surface area contributed by atoms with E-state index in [4.69, 9.17) is 0 Å². The molecule has 1 atom stereocenters. The van der Waals surface area contributed by atoms with Crippen LogP contribution in [0.15, 0.2) is 18.2 Å². The highest BCUT2D eigenvalue weighted by Crippen LogP contribution is 2.36. The molecule has 1 heterocycles. The second-order valence-corrected chi connectivity index (χ2v) is 6.48. The highest BCUT2D eigenvalue weighted by Gasteiger charge is 2.36. The second kappa shape index (κ2) is 10.6. The molecule has 0 radical (unpaired) electrons. The molecule has 0 aromatic heterocycles. The highest BCUT2D eigenvalue weighted by atomic mass is 35.5. The van der Waals surface area contributed by atoms with E-state index in [0.29, 0.717) is 12.3 Å². The third-order valence-corrected chi connectivity index (χ3v) is 4.30. The monoisotopic (exact) mass is 404 g/mol. The van der Waals surface area contributed by atoms with Crippen molar-refractivity contribution in [3.8, 4) is 0 Å². The zero-order valence-electron chi connectivity index (χ0n) is 14.4. The maximum Gasteiger partial charge on any atom is 0.419 e. The molecule has 0 aliphatic carbocycles. The van der Waals surface area contributed by atoms with Crippen LogP contribution in [0.2, 0.25) is 0 Å². The van der Waals surface area contributed by atoms with E-state index >= 15 is 0 Å². The van der Waals surface area contributed by atoms with Crippen LogP contribution in [0.4, 0.5) is 17.6 Å². The average Bonchev–Trinajstić information content (AvgIpc) is 2.48. The third-order valence-electron chi connectivity index (χ3n) is 4.30. The molecule has 1 saturated heterocycles. The maximum atomic E-state index is 14.5. The van der Waals surface area contributed by atoms with Crippen molar-refractivity contribution in [3.05, 3.63) is 35.1 Å². The molecule has 146 valence electrons. The number of hydrogen-bond donors (Lipinski definition) is 1. The minimum absolute atomic E-state index is 0. The lowest BCUT2D eigenvalue weighted by atomic mass is 9.94. The summed E-state index contributed by atoms with van der Waals surface area (Å²) in [6.07, 6.45) is -3.15. The Morgan fingerprint density at radius 3 is 2.20 bits per heavy atom. The molecule has 0 spiro atoms. The summed E-state index contributed by atoms with van der Waals surface area (Å²) in [5.74, 6) is -0.693. The molecular weight excluding hydrogens is 379 g/mol. The van der Waals surface area contributed by atoms with Crippen LogP contribution >= 0.6 is 24.8 Å². The Bertz CT molecular complexity index is 518. The van der Waals surface area contributed by atoms with Gasteiger partial charge in [0.15, 0.2) is 0 Å².